The van der Waals surface area contributed by atoms with Gasteiger partial charge in [0.05, 0.1) is 13.0 Å². The summed E-state index contributed by atoms with van der Waals surface area (Å²) in [6.07, 6.45) is 15.5. The summed E-state index contributed by atoms with van der Waals surface area (Å²) in [7, 11) is 1.28. The van der Waals surface area contributed by atoms with Crippen molar-refractivity contribution in [2.75, 3.05) is 13.7 Å². The molecule has 2 fully saturated rings. The molecule has 5 heterocycles. The first-order valence-corrected chi connectivity index (χ1v) is 18.6. The topological polar surface area (TPSA) is 132 Å². The normalized spacial score (nSPS) is 26.1. The van der Waals surface area contributed by atoms with Gasteiger partial charge in [-0.3, -0.25) is 22.2 Å². The van der Waals surface area contributed by atoms with Gasteiger partial charge >= 0.3 is 35.0 Å². The van der Waals surface area contributed by atoms with Crippen LogP contribution in [0.4, 0.5) is 0 Å². The van der Waals surface area contributed by atoms with E-state index in [0.717, 1.165) is 57.8 Å². The fraction of sp³-hybridized carbons (Fsp3) is 0.378. The van der Waals surface area contributed by atoms with E-state index in [1.54, 1.807) is 6.08 Å². The number of carbonyl (C=O) groups is 2. The van der Waals surface area contributed by atoms with Gasteiger partial charge in [0, 0.05) is 6.42 Å². The van der Waals surface area contributed by atoms with Crippen molar-refractivity contribution in [3.05, 3.63) is 127 Å². The molecule has 0 radical (unpaired) electrons. The van der Waals surface area contributed by atoms with Crippen LogP contribution in [-0.2, 0) is 19.1 Å². The van der Waals surface area contributed by atoms with Crippen molar-refractivity contribution in [2.45, 2.75) is 73.3 Å². The van der Waals surface area contributed by atoms with Crippen molar-refractivity contribution in [3.8, 4) is 0 Å². The molecule has 3 aliphatic heterocycles. The third kappa shape index (κ3) is 7.89. The minimum Gasteiger partial charge on any atom is -0.874 e. The van der Waals surface area contributed by atoms with Crippen LogP contribution in [0.1, 0.15) is 87.2 Å². The van der Waals surface area contributed by atoms with Gasteiger partial charge < -0.3 is 54.6 Å². The van der Waals surface area contributed by atoms with Crippen LogP contribution in [0.25, 0.3) is 46.3 Å². The van der Waals surface area contributed by atoms with E-state index in [1.165, 1.54) is 7.11 Å². The number of fused-ring (bicyclic) bond motifs is 8. The first kappa shape index (κ1) is 41.5. The number of carbonyl (C=O) groups excluding carboxylic acids is 2. The first-order chi connectivity index (χ1) is 25.8. The molecule has 2 aromatic heterocycles. The van der Waals surface area contributed by atoms with E-state index in [1.807, 2.05) is 64.2 Å². The number of esters is 2. The predicted molar refractivity (Wildman–Crippen MR) is 217 cm³/mol. The molecule has 1 aliphatic carbocycles. The molecule has 2 saturated heterocycles. The van der Waals surface area contributed by atoms with E-state index >= 15 is 0 Å². The summed E-state index contributed by atoms with van der Waals surface area (Å²) in [6, 6.07) is -0.638. The van der Waals surface area contributed by atoms with Crippen LogP contribution in [0.3, 0.4) is 0 Å². The summed E-state index contributed by atoms with van der Waals surface area (Å²) < 4.78 is 10.9. The van der Waals surface area contributed by atoms with Gasteiger partial charge in [-0.05, 0) is 62.7 Å². The Hall–Kier alpha value is -4.67. The van der Waals surface area contributed by atoms with Crippen molar-refractivity contribution in [1.29, 1.82) is 0 Å². The van der Waals surface area contributed by atoms with E-state index < -0.39 is 17.9 Å². The van der Waals surface area contributed by atoms with Crippen LogP contribution in [0.5, 0.6) is 0 Å². The Bertz CT molecular complexity index is 2200. The molecule has 9 nitrogen and oxygen atoms in total. The Kier molecular flexibility index (Phi) is 12.8. The van der Waals surface area contributed by atoms with Gasteiger partial charge in [-0.25, -0.2) is 11.8 Å². The minimum atomic E-state index is -1.20. The van der Waals surface area contributed by atoms with Gasteiger partial charge in [0.2, 0.25) is 0 Å². The number of allylic oxidation sites excluding steroid dienone is 7. The number of methoxy groups -OCH3 is 1. The number of hydrogen-bond acceptors (Lipinski definition) is 5. The average molecular weight is 749 g/mol. The number of rotatable bonds is 10. The molecule has 0 spiro atoms. The van der Waals surface area contributed by atoms with Crippen LogP contribution < -0.4 is 25.6 Å². The molecule has 4 aliphatic rings. The first-order valence-electron chi connectivity index (χ1n) is 18.6. The van der Waals surface area contributed by atoms with Crippen molar-refractivity contribution >= 4 is 70.6 Å². The molecule has 10 heteroatoms. The molecule has 0 saturated carbocycles. The zero-order valence-electron chi connectivity index (χ0n) is 33.0. The van der Waals surface area contributed by atoms with Gasteiger partial charge in [-0.15, -0.1) is 40.6 Å². The third-order valence-corrected chi connectivity index (χ3v) is 11.3. The summed E-state index contributed by atoms with van der Waals surface area (Å²) in [5, 5.41) is 25.4. The smallest absolute Gasteiger partial charge is 0.874 e. The maximum Gasteiger partial charge on any atom is 2.00 e. The quantitative estimate of drug-likeness (QED) is 0.125. The number of ether oxygens (including phenoxy) is 2. The molecule has 286 valence electrons. The predicted octanol–water partition coefficient (Wildman–Crippen LogP) is 6.06. The van der Waals surface area contributed by atoms with Crippen molar-refractivity contribution in [3.63, 3.8) is 0 Å². The summed E-state index contributed by atoms with van der Waals surface area (Å²) in [5.74, 6) is -3.01. The second-order valence-electron chi connectivity index (χ2n) is 14.7. The second kappa shape index (κ2) is 17.0. The molecule has 0 aromatic carbocycles. The molecule has 0 amide bonds. The van der Waals surface area contributed by atoms with Gasteiger partial charge in [0.15, 0.2) is 0 Å². The third-order valence-electron chi connectivity index (χ3n) is 11.3. The van der Waals surface area contributed by atoms with E-state index in [4.69, 9.17) is 36.7 Å². The summed E-state index contributed by atoms with van der Waals surface area (Å²) in [4.78, 5) is 36.7. The molecule has 55 heavy (non-hydrogen) atoms. The largest absolute Gasteiger partial charge is 2.00 e. The summed E-state index contributed by atoms with van der Waals surface area (Å²) in [6.45, 7) is 25.9. The van der Waals surface area contributed by atoms with Gasteiger partial charge in [-0.1, -0.05) is 67.3 Å². The molecular formula is C45H48MgN4O5-6. The maximum atomic E-state index is 14.3. The summed E-state index contributed by atoms with van der Waals surface area (Å²) >= 11 is 0. The standard InChI is InChI=1S/C45H49N4O5.Mg/c1-11-29-25(6)32-20-34-27(8)31(16-17-38(50)54-19-18-24(5)15-13-14-23(3)4)42(48-34)40-41(45(52)53-10)44(51)39-28(9)35(49-43(39)40)22-37-30(12-2)26(7)33(47-37)21-36(29)46-32;/h1,11-12,14,18,20-22,26-27,31,41-42,51H,3-4,13,15-17,19H2,2,5-10H3;/q-7;+2/p-1/b24-18+,30-12+,33-21-,34-20-,37-22-;/t26-,27+,31+,41-,42?;/m1./s1. The van der Waals surface area contributed by atoms with E-state index in [0.29, 0.717) is 45.2 Å². The minimum absolute atomic E-state index is 0. The fourth-order valence-electron chi connectivity index (χ4n) is 8.11. The molecule has 2 aromatic rings. The fourth-order valence-corrected chi connectivity index (χ4v) is 8.11. The summed E-state index contributed by atoms with van der Waals surface area (Å²) in [5.41, 5.74) is 10.1. The monoisotopic (exact) mass is 748 g/mol. The van der Waals surface area contributed by atoms with E-state index in [2.05, 4.69) is 27.7 Å². The van der Waals surface area contributed by atoms with Crippen LogP contribution in [0.2, 0.25) is 0 Å². The number of nitrogens with zero attached hydrogens (tertiary/aromatic N) is 4. The second-order valence-corrected chi connectivity index (χ2v) is 14.7. The Morgan fingerprint density at radius 2 is 1.71 bits per heavy atom. The average Bonchev–Trinajstić information content (AvgIpc) is 3.87. The van der Waals surface area contributed by atoms with Crippen LogP contribution in [-0.4, -0.2) is 54.7 Å². The van der Waals surface area contributed by atoms with Gasteiger partial charge in [-0.2, -0.15) is 22.7 Å². The van der Waals surface area contributed by atoms with E-state index in [9.17, 15) is 14.7 Å². The molecular weight excluding hydrogens is 701 g/mol. The molecule has 0 N–H and O–H groups in total. The maximum absolute atomic E-state index is 14.3. The zero-order valence-corrected chi connectivity index (χ0v) is 34.4. The molecule has 6 rings (SSSR count). The SMILES string of the molecule is [CH-]=Cc1c2[n-]c(c1C)/C=C1\[N-]C(C3=c4[n-]c(c(C)c4=C([O-])[C@@H]3C(=O)OC)/C=C3\[N-]/C(=C\2)[C@H](C)\C3=C/C)[C@@H](CCC(=O)OC/C=C(\C)CCC=C([CH2-])[CH2-])[C@@H]1C.[Mg+2]. The van der Waals surface area contributed by atoms with Crippen molar-refractivity contribution < 1.29 is 24.2 Å². The zero-order chi connectivity index (χ0) is 39.0. The Morgan fingerprint density at radius 3 is 2.38 bits per heavy atom. The van der Waals surface area contributed by atoms with E-state index in [-0.39, 0.29) is 65.6 Å². The van der Waals surface area contributed by atoms with Crippen molar-refractivity contribution in [1.82, 2.24) is 9.97 Å². The Morgan fingerprint density at radius 1 is 1.00 bits per heavy atom. The van der Waals surface area contributed by atoms with Crippen LogP contribution in [0.15, 0.2) is 52.0 Å². The Balaban J connectivity index is 0.00000580. The van der Waals surface area contributed by atoms with Crippen molar-refractivity contribution in [2.24, 2.45) is 23.7 Å². The molecule has 1 unspecified atom stereocenters. The Labute approximate surface area is 341 Å². The van der Waals surface area contributed by atoms with Gasteiger partial charge in [0.25, 0.3) is 0 Å². The molecule has 8 bridgehead atoms. The molecule has 5 atom stereocenters. The number of hydrogen-bond donors (Lipinski definition) is 0. The van der Waals surface area contributed by atoms with Crippen LogP contribution in [0, 0.1) is 57.9 Å². The van der Waals surface area contributed by atoms with Crippen LogP contribution >= 0.6 is 0 Å². The number of aromatic nitrogens is 2. The van der Waals surface area contributed by atoms with Gasteiger partial charge in [0.1, 0.15) is 6.61 Å².